The molecule has 1 atom stereocenters. The predicted octanol–water partition coefficient (Wildman–Crippen LogP) is 1.93. The Morgan fingerprint density at radius 1 is 1.44 bits per heavy atom. The number of ether oxygens (including phenoxy) is 1. The zero-order valence-corrected chi connectivity index (χ0v) is 11.6. The number of hydrogen-bond acceptors (Lipinski definition) is 3. The van der Waals surface area contributed by atoms with Gasteiger partial charge in [-0.1, -0.05) is 6.07 Å². The number of imidazole rings is 1. The van der Waals surface area contributed by atoms with E-state index in [4.69, 9.17) is 4.74 Å². The van der Waals surface area contributed by atoms with Crippen molar-refractivity contribution in [3.05, 3.63) is 35.8 Å². The molecule has 4 nitrogen and oxygen atoms in total. The van der Waals surface area contributed by atoms with Crippen molar-refractivity contribution in [2.75, 3.05) is 19.0 Å². The molecule has 0 aliphatic heterocycles. The molecule has 2 aromatic heterocycles. The molecule has 0 saturated heterocycles. The molecule has 5 heteroatoms. The van der Waals surface area contributed by atoms with Crippen molar-refractivity contribution in [3.63, 3.8) is 0 Å². The van der Waals surface area contributed by atoms with Gasteiger partial charge in [0, 0.05) is 35.1 Å². The largest absolute Gasteiger partial charge is 0.381 e. The summed E-state index contributed by atoms with van der Waals surface area (Å²) in [4.78, 5) is 4.47. The molecule has 0 aromatic carbocycles. The van der Waals surface area contributed by atoms with Gasteiger partial charge in [-0.15, -0.1) is 0 Å². The van der Waals surface area contributed by atoms with Gasteiger partial charge in [0.2, 0.25) is 0 Å². The molecule has 0 N–H and O–H groups in total. The molecule has 0 radical (unpaired) electrons. The number of hydrogen-bond donors (Lipinski definition) is 0. The van der Waals surface area contributed by atoms with E-state index in [-0.39, 0.29) is 0 Å². The van der Waals surface area contributed by atoms with Gasteiger partial charge >= 0.3 is 0 Å². The minimum atomic E-state index is -0.907. The zero-order chi connectivity index (χ0) is 13.0. The Hall–Kier alpha value is -1.20. The summed E-state index contributed by atoms with van der Waals surface area (Å²) in [6.07, 6.45) is 1.96. The van der Waals surface area contributed by atoms with Crippen molar-refractivity contribution in [2.45, 2.75) is 19.6 Å². The fourth-order valence-corrected chi connectivity index (χ4v) is 2.72. The van der Waals surface area contributed by atoms with Gasteiger partial charge in [-0.3, -0.25) is 4.21 Å². The summed E-state index contributed by atoms with van der Waals surface area (Å²) in [5.41, 5.74) is 2.91. The first-order valence-corrected chi connectivity index (χ1v) is 7.56. The molecule has 0 aliphatic rings. The molecule has 2 aromatic rings. The van der Waals surface area contributed by atoms with Gasteiger partial charge in [0.25, 0.3) is 0 Å². The van der Waals surface area contributed by atoms with Gasteiger partial charge in [-0.2, -0.15) is 0 Å². The second-order valence-electron chi connectivity index (χ2n) is 4.11. The van der Waals surface area contributed by atoms with E-state index in [1.165, 1.54) is 0 Å². The average molecular weight is 266 g/mol. The fourth-order valence-electron chi connectivity index (χ4n) is 1.80. The molecular formula is C13H18N2O2S. The first-order valence-electron chi connectivity index (χ1n) is 6.07. The van der Waals surface area contributed by atoms with E-state index < -0.39 is 10.8 Å². The highest BCUT2D eigenvalue weighted by atomic mass is 32.2. The molecule has 0 bridgehead atoms. The van der Waals surface area contributed by atoms with Gasteiger partial charge in [0.15, 0.2) is 0 Å². The number of pyridine rings is 1. The lowest BCUT2D eigenvalue weighted by Gasteiger charge is -2.00. The van der Waals surface area contributed by atoms with Crippen molar-refractivity contribution in [1.29, 1.82) is 0 Å². The Labute approximate surface area is 109 Å². The lowest BCUT2D eigenvalue weighted by atomic mass is 10.4. The van der Waals surface area contributed by atoms with Crippen molar-refractivity contribution in [2.24, 2.45) is 0 Å². The van der Waals surface area contributed by atoms with E-state index in [0.717, 1.165) is 17.0 Å². The molecule has 0 saturated carbocycles. The lowest BCUT2D eigenvalue weighted by Crippen LogP contribution is -2.08. The van der Waals surface area contributed by atoms with Gasteiger partial charge in [0.1, 0.15) is 5.65 Å². The van der Waals surface area contributed by atoms with Crippen LogP contribution in [0.4, 0.5) is 0 Å². The van der Waals surface area contributed by atoms with Crippen LogP contribution < -0.4 is 0 Å². The van der Waals surface area contributed by atoms with Crippen LogP contribution in [-0.4, -0.2) is 32.6 Å². The van der Waals surface area contributed by atoms with E-state index in [1.54, 1.807) is 0 Å². The van der Waals surface area contributed by atoms with Crippen LogP contribution in [0.2, 0.25) is 0 Å². The van der Waals surface area contributed by atoms with E-state index >= 15 is 0 Å². The molecule has 0 aliphatic carbocycles. The second kappa shape index (κ2) is 6.11. The molecule has 98 valence electrons. The average Bonchev–Trinajstić information content (AvgIpc) is 2.73. The number of aryl methyl sites for hydroxylation is 1. The number of aromatic nitrogens is 2. The second-order valence-corrected chi connectivity index (χ2v) is 5.69. The minimum Gasteiger partial charge on any atom is -0.381 e. The van der Waals surface area contributed by atoms with Crippen LogP contribution >= 0.6 is 0 Å². The van der Waals surface area contributed by atoms with Crippen LogP contribution in [0.3, 0.4) is 0 Å². The summed E-state index contributed by atoms with van der Waals surface area (Å²) >= 11 is 0. The van der Waals surface area contributed by atoms with Crippen LogP contribution in [0.15, 0.2) is 24.4 Å². The summed E-state index contributed by atoms with van der Waals surface area (Å²) in [5.74, 6) is 1.06. The van der Waals surface area contributed by atoms with Crippen molar-refractivity contribution in [1.82, 2.24) is 9.38 Å². The first-order chi connectivity index (χ1) is 8.70. The maximum atomic E-state index is 11.8. The molecule has 0 unspecified atom stereocenters. The van der Waals surface area contributed by atoms with Crippen molar-refractivity contribution in [3.8, 4) is 0 Å². The molecular weight excluding hydrogens is 248 g/mol. The predicted molar refractivity (Wildman–Crippen MR) is 73.1 cm³/mol. The third kappa shape index (κ3) is 3.17. The van der Waals surface area contributed by atoms with Gasteiger partial charge < -0.3 is 9.14 Å². The maximum absolute atomic E-state index is 11.8. The summed E-state index contributed by atoms with van der Waals surface area (Å²) in [7, 11) is -0.907. The lowest BCUT2D eigenvalue weighted by molar-refractivity contribution is 0.164. The third-order valence-electron chi connectivity index (χ3n) is 2.71. The first kappa shape index (κ1) is 13.2. The number of rotatable bonds is 6. The van der Waals surface area contributed by atoms with Crippen molar-refractivity contribution >= 4 is 16.4 Å². The Bertz CT molecular complexity index is 551. The number of fused-ring (bicyclic) bond motifs is 1. The number of nitrogens with zero attached hydrogens (tertiary/aromatic N) is 2. The topological polar surface area (TPSA) is 43.6 Å². The molecule has 2 rings (SSSR count). The summed E-state index contributed by atoms with van der Waals surface area (Å²) in [5, 5.41) is 0. The quantitative estimate of drug-likeness (QED) is 0.750. The Balaban J connectivity index is 2.03. The van der Waals surface area contributed by atoms with Crippen molar-refractivity contribution < 1.29 is 8.95 Å². The van der Waals surface area contributed by atoms with Crippen LogP contribution in [-0.2, 0) is 21.3 Å². The minimum absolute atomic E-state index is 0.494. The summed E-state index contributed by atoms with van der Waals surface area (Å²) in [6.45, 7) is 5.19. The smallest absolute Gasteiger partial charge is 0.137 e. The van der Waals surface area contributed by atoms with Gasteiger partial charge in [-0.05, 0) is 26.0 Å². The SMILES string of the molecule is CCOCC[S@](=O)Cc1cn2c(C)cccc2n1. The highest BCUT2D eigenvalue weighted by Gasteiger charge is 2.07. The Kier molecular flexibility index (Phi) is 4.49. The normalized spacial score (nSPS) is 13.0. The molecule has 18 heavy (non-hydrogen) atoms. The van der Waals surface area contributed by atoms with E-state index in [2.05, 4.69) is 4.98 Å². The highest BCUT2D eigenvalue weighted by molar-refractivity contribution is 7.84. The Morgan fingerprint density at radius 3 is 3.00 bits per heavy atom. The molecule has 0 fully saturated rings. The van der Waals surface area contributed by atoms with Crippen LogP contribution in [0.1, 0.15) is 18.3 Å². The third-order valence-corrected chi connectivity index (χ3v) is 3.95. The fraction of sp³-hybridized carbons (Fsp3) is 0.462. The van der Waals surface area contributed by atoms with Crippen LogP contribution in [0, 0.1) is 6.92 Å². The monoisotopic (exact) mass is 266 g/mol. The highest BCUT2D eigenvalue weighted by Crippen LogP contribution is 2.10. The molecule has 2 heterocycles. The summed E-state index contributed by atoms with van der Waals surface area (Å²) < 4.78 is 19.1. The maximum Gasteiger partial charge on any atom is 0.137 e. The van der Waals surface area contributed by atoms with Crippen LogP contribution in [0.5, 0.6) is 0 Å². The van der Waals surface area contributed by atoms with E-state index in [0.29, 0.717) is 24.7 Å². The standard InChI is InChI=1S/C13H18N2O2S/c1-3-17-7-8-18(16)10-12-9-15-11(2)5-4-6-13(15)14-12/h4-6,9H,3,7-8,10H2,1-2H3/t18-/m0/s1. The van der Waals surface area contributed by atoms with E-state index in [9.17, 15) is 4.21 Å². The zero-order valence-electron chi connectivity index (χ0n) is 10.8. The van der Waals surface area contributed by atoms with Crippen LogP contribution in [0.25, 0.3) is 5.65 Å². The van der Waals surface area contributed by atoms with Gasteiger partial charge in [-0.25, -0.2) is 4.98 Å². The Morgan fingerprint density at radius 2 is 2.28 bits per heavy atom. The molecule has 0 spiro atoms. The van der Waals surface area contributed by atoms with Gasteiger partial charge in [0.05, 0.1) is 18.1 Å². The summed E-state index contributed by atoms with van der Waals surface area (Å²) in [6, 6.07) is 5.97. The van der Waals surface area contributed by atoms with E-state index in [1.807, 2.05) is 42.6 Å². The molecule has 0 amide bonds.